The number of nitrogens with one attached hydrogen (secondary N) is 6. The quantitative estimate of drug-likeness (QED) is 0.0512. The number of phenolic OH excluding ortho intramolecular Hbond substituents is 2. The van der Waals surface area contributed by atoms with Gasteiger partial charge in [0.2, 0.25) is 17.6 Å². The number of likely N-dealkylation sites (N-methyl/N-ethyl adjacent to an activating group) is 1. The Morgan fingerprint density at radius 3 is 2.29 bits per heavy atom. The number of aliphatic hydroxyl groups excluding tert-OH is 1. The van der Waals surface area contributed by atoms with Gasteiger partial charge in [0, 0.05) is 54.9 Å². The first kappa shape index (κ1) is 43.4. The fourth-order valence-electron chi connectivity index (χ4n) is 6.93. The lowest BCUT2D eigenvalue weighted by atomic mass is 9.72. The van der Waals surface area contributed by atoms with Gasteiger partial charge in [0.1, 0.15) is 35.5 Å². The Labute approximate surface area is 336 Å². The third kappa shape index (κ3) is 9.68. The molecular weight excluding hydrogens is 774 g/mol. The number of hydrogen-bond acceptors (Lipinski definition) is 14. The zero-order chi connectivity index (χ0) is 43.0. The van der Waals surface area contributed by atoms with Gasteiger partial charge >= 0.3 is 12.1 Å². The molecule has 0 aliphatic heterocycles. The highest BCUT2D eigenvalue weighted by Gasteiger charge is 2.48. The lowest BCUT2D eigenvalue weighted by Crippen LogP contribution is -2.52. The van der Waals surface area contributed by atoms with E-state index in [0.29, 0.717) is 17.7 Å². The third-order valence-electron chi connectivity index (χ3n) is 9.75. The molecule has 0 heterocycles. The second kappa shape index (κ2) is 18.7. The number of ether oxygens (including phenoxy) is 2. The van der Waals surface area contributed by atoms with Gasteiger partial charge in [0.05, 0.1) is 36.4 Å². The van der Waals surface area contributed by atoms with Crippen molar-refractivity contribution in [2.24, 2.45) is 5.73 Å². The molecule has 0 spiro atoms. The van der Waals surface area contributed by atoms with Gasteiger partial charge in [-0.15, -0.1) is 0 Å². The molecule has 2 aliphatic rings. The van der Waals surface area contributed by atoms with Crippen LogP contribution in [0.1, 0.15) is 73.9 Å². The van der Waals surface area contributed by atoms with Crippen LogP contribution in [-0.4, -0.2) is 114 Å². The van der Waals surface area contributed by atoms with Crippen molar-refractivity contribution >= 4 is 47.1 Å². The number of carbonyl (C=O) groups is 7. The minimum Gasteiger partial charge on any atom is -0.507 e. The Balaban J connectivity index is 1.11. The van der Waals surface area contributed by atoms with E-state index in [1.54, 1.807) is 31.3 Å². The number of phenols is 2. The van der Waals surface area contributed by atoms with Crippen LogP contribution in [0.15, 0.2) is 42.5 Å². The Morgan fingerprint density at radius 2 is 1.61 bits per heavy atom. The zero-order valence-corrected chi connectivity index (χ0v) is 32.1. The second-order valence-electron chi connectivity index (χ2n) is 13.8. The van der Waals surface area contributed by atoms with Crippen LogP contribution in [0, 0.1) is 0 Å². The van der Waals surface area contributed by atoms with E-state index in [1.807, 2.05) is 0 Å². The molecule has 3 atom stereocenters. The monoisotopic (exact) mass is 819 g/mol. The molecule has 20 heteroatoms. The maximum absolute atomic E-state index is 13.5. The predicted molar refractivity (Wildman–Crippen MR) is 207 cm³/mol. The van der Waals surface area contributed by atoms with Crippen molar-refractivity contribution < 1.29 is 63.5 Å². The van der Waals surface area contributed by atoms with Crippen LogP contribution in [0.5, 0.6) is 17.2 Å². The predicted octanol–water partition coefficient (Wildman–Crippen LogP) is -0.274. The van der Waals surface area contributed by atoms with Crippen LogP contribution in [0.4, 0.5) is 15.3 Å². The first-order valence-electron chi connectivity index (χ1n) is 18.4. The number of nitrogens with two attached hydrogens (primary N) is 1. The van der Waals surface area contributed by atoms with E-state index in [4.69, 9.17) is 15.2 Å². The van der Waals surface area contributed by atoms with Gasteiger partial charge in [-0.1, -0.05) is 24.3 Å². The second-order valence-corrected chi connectivity index (χ2v) is 13.8. The van der Waals surface area contributed by atoms with E-state index in [2.05, 4.69) is 31.9 Å². The van der Waals surface area contributed by atoms with Crippen LogP contribution in [0.25, 0.3) is 0 Å². The van der Waals surface area contributed by atoms with Crippen molar-refractivity contribution in [3.05, 3.63) is 81.4 Å². The number of methoxy groups -OCH3 is 1. The molecule has 0 saturated heterocycles. The number of ketones is 2. The smallest absolute Gasteiger partial charge is 0.407 e. The van der Waals surface area contributed by atoms with Crippen molar-refractivity contribution in [3.63, 3.8) is 0 Å². The SMILES string of the molecule is CNCC(=O)NC(CCCNC(N)=O)C(=O)Nc1ccc(COC(=O)NCCNC(=O)C2(O)Cc3c(O)c4c(c(O)c3C(O)C2)C(=O)c2c(OC)cccc2C4=O)cc1. The average molecular weight is 820 g/mol. The number of hydrogen-bond donors (Lipinski definition) is 11. The number of alkyl carbamates (subject to hydrolysis) is 1. The van der Waals surface area contributed by atoms with E-state index < -0.39 is 94.6 Å². The van der Waals surface area contributed by atoms with E-state index in [9.17, 15) is 54.0 Å². The normalized spacial score (nSPS) is 17.0. The molecule has 20 nitrogen and oxygen atoms in total. The summed E-state index contributed by atoms with van der Waals surface area (Å²) >= 11 is 0. The van der Waals surface area contributed by atoms with Gasteiger partial charge < -0.3 is 67.5 Å². The fourth-order valence-corrected chi connectivity index (χ4v) is 6.93. The number of anilines is 1. The highest BCUT2D eigenvalue weighted by atomic mass is 16.5. The van der Waals surface area contributed by atoms with E-state index in [1.165, 1.54) is 25.3 Å². The summed E-state index contributed by atoms with van der Waals surface area (Å²) in [6.07, 6.45) is -3.25. The summed E-state index contributed by atoms with van der Waals surface area (Å²) in [7, 11) is 2.88. The van der Waals surface area contributed by atoms with Gasteiger partial charge in [-0.3, -0.25) is 24.0 Å². The van der Waals surface area contributed by atoms with Crippen LogP contribution in [0.2, 0.25) is 0 Å². The Morgan fingerprint density at radius 1 is 0.915 bits per heavy atom. The topological polar surface area (TPSA) is 317 Å². The Hall–Kier alpha value is -6.77. The molecule has 314 valence electrons. The van der Waals surface area contributed by atoms with Crippen molar-refractivity contribution in [2.75, 3.05) is 45.7 Å². The number of aliphatic hydroxyl groups is 2. The first-order chi connectivity index (χ1) is 28.1. The minimum atomic E-state index is -2.33. The van der Waals surface area contributed by atoms with E-state index >= 15 is 0 Å². The minimum absolute atomic E-state index is 0.00544. The molecule has 6 amide bonds. The first-order valence-corrected chi connectivity index (χ1v) is 18.4. The lowest BCUT2D eigenvalue weighted by molar-refractivity contribution is -0.144. The van der Waals surface area contributed by atoms with Gasteiger partial charge in [0.15, 0.2) is 5.78 Å². The number of fused-ring (bicyclic) bond motifs is 3. The summed E-state index contributed by atoms with van der Waals surface area (Å²) < 4.78 is 10.4. The van der Waals surface area contributed by atoms with Crippen molar-refractivity contribution in [3.8, 4) is 17.2 Å². The number of rotatable bonds is 16. The van der Waals surface area contributed by atoms with Crippen molar-refractivity contribution in [2.45, 2.75) is 50.0 Å². The lowest BCUT2D eigenvalue weighted by Gasteiger charge is -2.37. The molecule has 0 aromatic heterocycles. The van der Waals surface area contributed by atoms with Gasteiger partial charge in [-0.2, -0.15) is 0 Å². The van der Waals surface area contributed by atoms with Crippen LogP contribution in [0.3, 0.4) is 0 Å². The average Bonchev–Trinajstić information content (AvgIpc) is 3.20. The maximum Gasteiger partial charge on any atom is 0.407 e. The fraction of sp³-hybridized carbons (Fsp3) is 0.359. The molecule has 0 saturated carbocycles. The summed E-state index contributed by atoms with van der Waals surface area (Å²) in [6.45, 7) is -0.292. The number of aromatic hydroxyl groups is 2. The summed E-state index contributed by atoms with van der Waals surface area (Å²) in [5, 5.41) is 60.2. The number of benzene rings is 3. The number of carbonyl (C=O) groups excluding carboxylic acids is 7. The number of primary amides is 1. The standard InChI is InChI=1S/C39H45N7O13/c1-41-17-26(48)46-23(6-4-12-43-37(40)55)35(53)45-20-10-8-19(9-11-20)18-59-38(56)44-14-13-42-36(54)39(57)15-22-27(24(47)16-39)33(51)30-29(32(22)50)31(49)21-5-3-7-25(58-2)28(21)34(30)52/h3,5,7-11,23-24,41,47,50-51,57H,4,6,12-18H2,1-2H3,(H,42,54)(H,44,56)(H,45,53)(H,46,48)(H3,40,43,55). The molecule has 0 radical (unpaired) electrons. The van der Waals surface area contributed by atoms with E-state index in [0.717, 1.165) is 0 Å². The molecule has 3 unspecified atom stereocenters. The maximum atomic E-state index is 13.5. The van der Waals surface area contributed by atoms with Crippen LogP contribution < -0.4 is 42.4 Å². The summed E-state index contributed by atoms with van der Waals surface area (Å²) in [5.41, 5.74) is 1.84. The molecule has 2 aliphatic carbocycles. The van der Waals surface area contributed by atoms with Gasteiger partial charge in [0.25, 0.3) is 5.91 Å². The van der Waals surface area contributed by atoms with Crippen molar-refractivity contribution in [1.29, 1.82) is 0 Å². The molecule has 5 rings (SSSR count). The van der Waals surface area contributed by atoms with Crippen LogP contribution in [-0.2, 0) is 32.1 Å². The summed E-state index contributed by atoms with van der Waals surface area (Å²) in [4.78, 5) is 88.6. The van der Waals surface area contributed by atoms with E-state index in [-0.39, 0.29) is 67.2 Å². The molecule has 3 aromatic rings. The molecule has 12 N–H and O–H groups in total. The highest BCUT2D eigenvalue weighted by molar-refractivity contribution is 6.31. The number of urea groups is 1. The molecule has 3 aromatic carbocycles. The zero-order valence-electron chi connectivity index (χ0n) is 32.1. The largest absolute Gasteiger partial charge is 0.507 e. The summed E-state index contributed by atoms with van der Waals surface area (Å²) in [6, 6.07) is 9.02. The van der Waals surface area contributed by atoms with Crippen LogP contribution >= 0.6 is 0 Å². The van der Waals surface area contributed by atoms with Gasteiger partial charge in [-0.25, -0.2) is 9.59 Å². The number of amides is 6. The molecule has 0 bridgehead atoms. The Kier molecular flexibility index (Phi) is 13.7. The molecule has 59 heavy (non-hydrogen) atoms. The molecular formula is C39H45N7O13. The highest BCUT2D eigenvalue weighted by Crippen LogP contribution is 2.50. The molecule has 0 fully saturated rings. The Bertz CT molecular complexity index is 2160. The van der Waals surface area contributed by atoms with Crippen molar-refractivity contribution in [1.82, 2.24) is 26.6 Å². The third-order valence-corrected chi connectivity index (χ3v) is 9.75. The summed E-state index contributed by atoms with van der Waals surface area (Å²) in [5.74, 6) is -4.95. The van der Waals surface area contributed by atoms with Gasteiger partial charge in [-0.05, 0) is 43.7 Å².